The van der Waals surface area contributed by atoms with Crippen LogP contribution in [0.3, 0.4) is 0 Å². The number of benzene rings is 2. The number of unbranched alkanes of at least 4 members (excludes halogenated alkanes) is 1. The van der Waals surface area contributed by atoms with Crippen molar-refractivity contribution < 1.29 is 37.4 Å². The number of ether oxygens (including phenoxy) is 3. The van der Waals surface area contributed by atoms with Crippen LogP contribution in [0.2, 0.25) is 0 Å². The van der Waals surface area contributed by atoms with Crippen LogP contribution in [-0.4, -0.2) is 60.8 Å². The summed E-state index contributed by atoms with van der Waals surface area (Å²) in [5.41, 5.74) is 1.74. The van der Waals surface area contributed by atoms with Crippen LogP contribution in [0.15, 0.2) is 82.8 Å². The van der Waals surface area contributed by atoms with E-state index in [-0.39, 0.29) is 23.7 Å². The highest BCUT2D eigenvalue weighted by Gasteiger charge is 2.51. The van der Waals surface area contributed by atoms with Gasteiger partial charge in [-0.15, -0.1) is 11.8 Å². The van der Waals surface area contributed by atoms with Gasteiger partial charge in [0.25, 0.3) is 5.91 Å². The Morgan fingerprint density at radius 3 is 2.02 bits per heavy atom. The van der Waals surface area contributed by atoms with Gasteiger partial charge in [0, 0.05) is 23.7 Å². The van der Waals surface area contributed by atoms with Crippen LogP contribution in [0.5, 0.6) is 11.5 Å². The standard InChI is InChI=1S/C19H24N2O5S.C13H18O3S/c1-3-4-11-19(18(22)21-23,13-15-6-5-12-20-14-15)27(24,25)17-9-7-16(26-2)8-10-17;1-13(2,3)16-12(14)9-17-11-7-5-10(15-4)6-8-11/h5-10,12,14,23H,3-4,11,13H2,1-2H3,(H,21,22);5-8H,9H2,1-4H3. The van der Waals surface area contributed by atoms with E-state index in [9.17, 15) is 23.2 Å². The Balaban J connectivity index is 0.000000342. The average molecular weight is 647 g/mol. The molecule has 0 fully saturated rings. The molecule has 44 heavy (non-hydrogen) atoms. The van der Waals surface area contributed by atoms with Crippen molar-refractivity contribution in [3.05, 3.63) is 78.6 Å². The summed E-state index contributed by atoms with van der Waals surface area (Å²) in [7, 11) is -1.01. The second-order valence-corrected chi connectivity index (χ2v) is 14.1. The Labute approximate surface area is 264 Å². The Morgan fingerprint density at radius 2 is 1.55 bits per heavy atom. The van der Waals surface area contributed by atoms with Crippen LogP contribution in [0, 0.1) is 0 Å². The van der Waals surface area contributed by atoms with Gasteiger partial charge in [-0.2, -0.15) is 0 Å². The first kappa shape index (κ1) is 36.6. The topological polar surface area (TPSA) is 141 Å². The van der Waals surface area contributed by atoms with Gasteiger partial charge < -0.3 is 14.2 Å². The quantitative estimate of drug-likeness (QED) is 0.103. The van der Waals surface area contributed by atoms with Crippen LogP contribution in [-0.2, 0) is 30.6 Å². The molecule has 0 aliphatic carbocycles. The van der Waals surface area contributed by atoms with E-state index in [2.05, 4.69) is 4.98 Å². The van der Waals surface area contributed by atoms with Gasteiger partial charge >= 0.3 is 5.97 Å². The molecular weight excluding hydrogens is 604 g/mol. The summed E-state index contributed by atoms with van der Waals surface area (Å²) in [4.78, 5) is 29.2. The monoisotopic (exact) mass is 646 g/mol. The predicted octanol–water partition coefficient (Wildman–Crippen LogP) is 5.67. The number of pyridine rings is 1. The lowest BCUT2D eigenvalue weighted by molar-refractivity contribution is -0.151. The van der Waals surface area contributed by atoms with E-state index in [1.165, 1.54) is 49.3 Å². The number of hydroxylamine groups is 1. The van der Waals surface area contributed by atoms with Crippen LogP contribution >= 0.6 is 11.8 Å². The summed E-state index contributed by atoms with van der Waals surface area (Å²) in [5.74, 6) is 0.497. The number of carbonyl (C=O) groups excluding carboxylic acids is 2. The number of esters is 1. The zero-order valence-corrected chi connectivity index (χ0v) is 27.7. The van der Waals surface area contributed by atoms with E-state index in [0.29, 0.717) is 29.9 Å². The average Bonchev–Trinajstić information content (AvgIpc) is 3.01. The lowest BCUT2D eigenvalue weighted by atomic mass is 9.93. The fraction of sp³-hybridized carbons (Fsp3) is 0.406. The fourth-order valence-corrected chi connectivity index (χ4v) is 6.87. The third-order valence-corrected chi connectivity index (χ3v) is 9.82. The minimum atomic E-state index is -4.12. The molecule has 1 heterocycles. The molecule has 3 rings (SSSR count). The molecule has 2 aromatic carbocycles. The zero-order chi connectivity index (χ0) is 32.8. The molecule has 0 saturated heterocycles. The van der Waals surface area contributed by atoms with E-state index in [1.807, 2.05) is 52.0 Å². The number of rotatable bonds is 13. The highest BCUT2D eigenvalue weighted by Crippen LogP contribution is 2.35. The van der Waals surface area contributed by atoms with Gasteiger partial charge in [0.15, 0.2) is 14.6 Å². The van der Waals surface area contributed by atoms with E-state index >= 15 is 0 Å². The van der Waals surface area contributed by atoms with Crippen LogP contribution in [0.25, 0.3) is 0 Å². The van der Waals surface area contributed by atoms with E-state index in [1.54, 1.807) is 30.9 Å². The maximum atomic E-state index is 13.5. The van der Waals surface area contributed by atoms with Crippen LogP contribution in [0.4, 0.5) is 0 Å². The molecule has 3 aromatic rings. The van der Waals surface area contributed by atoms with Gasteiger partial charge in [-0.1, -0.05) is 25.8 Å². The molecule has 2 N–H and O–H groups in total. The first-order valence-corrected chi connectivity index (χ1v) is 16.5. The predicted molar refractivity (Wildman–Crippen MR) is 170 cm³/mol. The molecular formula is C32H42N2O8S2. The van der Waals surface area contributed by atoms with Crippen molar-refractivity contribution in [3.8, 4) is 11.5 Å². The van der Waals surface area contributed by atoms with Gasteiger partial charge in [-0.25, -0.2) is 13.9 Å². The molecule has 0 saturated carbocycles. The van der Waals surface area contributed by atoms with Gasteiger partial charge in [0.1, 0.15) is 17.1 Å². The van der Waals surface area contributed by atoms with Crippen molar-refractivity contribution in [2.75, 3.05) is 20.0 Å². The highest BCUT2D eigenvalue weighted by atomic mass is 32.2. The number of amides is 1. The number of hydrogen-bond acceptors (Lipinski definition) is 10. The van der Waals surface area contributed by atoms with E-state index in [0.717, 1.165) is 10.6 Å². The molecule has 1 amide bonds. The second-order valence-electron chi connectivity index (χ2n) is 10.8. The molecule has 1 unspecified atom stereocenters. The number of methoxy groups -OCH3 is 2. The van der Waals surface area contributed by atoms with Gasteiger partial charge in [-0.05, 0) is 87.4 Å². The zero-order valence-electron chi connectivity index (χ0n) is 26.0. The number of carbonyl (C=O) groups is 2. The second kappa shape index (κ2) is 17.0. The Hall–Kier alpha value is -3.61. The SMILES string of the molecule is CCCCC(Cc1cccnc1)(C(=O)NO)S(=O)(=O)c1ccc(OC)cc1.COc1ccc(SCC(=O)OC(C)(C)C)cc1. The largest absolute Gasteiger partial charge is 0.497 e. The van der Waals surface area contributed by atoms with Crippen molar-refractivity contribution in [1.82, 2.24) is 10.5 Å². The molecule has 0 aliphatic heterocycles. The minimum Gasteiger partial charge on any atom is -0.497 e. The number of aromatic nitrogens is 1. The number of thioether (sulfide) groups is 1. The fourth-order valence-electron chi connectivity index (χ4n) is 4.20. The molecule has 10 nitrogen and oxygen atoms in total. The lowest BCUT2D eigenvalue weighted by Gasteiger charge is -2.31. The Bertz CT molecular complexity index is 1430. The van der Waals surface area contributed by atoms with Gasteiger partial charge in [0.2, 0.25) is 0 Å². The molecule has 12 heteroatoms. The molecule has 0 spiro atoms. The third-order valence-electron chi connectivity index (χ3n) is 6.38. The summed E-state index contributed by atoms with van der Waals surface area (Å²) in [6, 6.07) is 16.8. The van der Waals surface area contributed by atoms with E-state index in [4.69, 9.17) is 14.2 Å². The Kier molecular flexibility index (Phi) is 14.2. The summed E-state index contributed by atoms with van der Waals surface area (Å²) >= 11 is 1.46. The summed E-state index contributed by atoms with van der Waals surface area (Å²) < 4.78 is 40.6. The summed E-state index contributed by atoms with van der Waals surface area (Å²) in [6.07, 6.45) is 4.27. The maximum absolute atomic E-state index is 13.5. The number of sulfone groups is 1. The molecule has 0 radical (unpaired) electrons. The minimum absolute atomic E-state index is 0.00751. The van der Waals surface area contributed by atoms with Crippen molar-refractivity contribution in [3.63, 3.8) is 0 Å². The van der Waals surface area contributed by atoms with Gasteiger partial charge in [-0.3, -0.25) is 19.8 Å². The number of nitrogens with zero attached hydrogens (tertiary/aromatic N) is 1. The van der Waals surface area contributed by atoms with Crippen LogP contribution < -0.4 is 15.0 Å². The first-order valence-electron chi connectivity index (χ1n) is 14.0. The van der Waals surface area contributed by atoms with Crippen molar-refractivity contribution in [2.24, 2.45) is 0 Å². The van der Waals surface area contributed by atoms with Crippen molar-refractivity contribution in [1.29, 1.82) is 0 Å². The van der Waals surface area contributed by atoms with Crippen LogP contribution in [0.1, 0.15) is 52.5 Å². The molecule has 1 aromatic heterocycles. The van der Waals surface area contributed by atoms with Gasteiger partial charge in [0.05, 0.1) is 24.9 Å². The van der Waals surface area contributed by atoms with Crippen molar-refractivity contribution in [2.45, 2.75) is 73.5 Å². The summed E-state index contributed by atoms with van der Waals surface area (Å²) in [6.45, 7) is 7.50. The van der Waals surface area contributed by atoms with E-state index < -0.39 is 26.1 Å². The normalized spacial score (nSPS) is 12.6. The van der Waals surface area contributed by atoms with Crippen molar-refractivity contribution >= 4 is 33.5 Å². The number of hydrogen-bond donors (Lipinski definition) is 2. The smallest absolute Gasteiger partial charge is 0.316 e. The molecule has 0 bridgehead atoms. The lowest BCUT2D eigenvalue weighted by Crippen LogP contribution is -2.53. The first-order chi connectivity index (χ1) is 20.8. The number of nitrogens with one attached hydrogen (secondary N) is 1. The Morgan fingerprint density at radius 1 is 0.955 bits per heavy atom. The summed E-state index contributed by atoms with van der Waals surface area (Å²) in [5, 5.41) is 9.34. The molecule has 0 aliphatic rings. The third kappa shape index (κ3) is 10.5. The maximum Gasteiger partial charge on any atom is 0.316 e. The molecule has 1 atom stereocenters. The molecule has 240 valence electrons. The highest BCUT2D eigenvalue weighted by molar-refractivity contribution is 8.00.